The Morgan fingerprint density at radius 2 is 2.00 bits per heavy atom. The van der Waals surface area contributed by atoms with Crippen molar-refractivity contribution in [3.63, 3.8) is 0 Å². The second-order valence-electron chi connectivity index (χ2n) is 8.35. The predicted octanol–water partition coefficient (Wildman–Crippen LogP) is 3.79. The second-order valence-corrected chi connectivity index (χ2v) is 11.2. The number of ether oxygens (including phenoxy) is 1. The Morgan fingerprint density at radius 3 is 2.74 bits per heavy atom. The molecule has 180 valence electrons. The highest BCUT2D eigenvalue weighted by Gasteiger charge is 2.31. The van der Waals surface area contributed by atoms with Crippen LogP contribution in [0.15, 0.2) is 56.6 Å². The monoisotopic (exact) mass is 547 g/mol. The number of H-pyrrole nitrogens is 1. The van der Waals surface area contributed by atoms with Crippen LogP contribution in [0.5, 0.6) is 5.75 Å². The standard InChI is InChI=1S/C24H26BrN3O5S/c1-15-5-3-4-10-28(15)34(31,32)18-7-8-21-19(12-18)20(13-23(29)27-21)24(30)26-14-16-11-17(25)6-9-22(16)33-2/h6-9,11-13,15H,3-5,10,14H2,1-2H3,(H,26,30)(H,27,29)/t15-/m1/s1. The lowest BCUT2D eigenvalue weighted by molar-refractivity contribution is 0.0952. The van der Waals surface area contributed by atoms with E-state index in [1.165, 1.54) is 28.6 Å². The Kier molecular flexibility index (Phi) is 7.11. The quantitative estimate of drug-likeness (QED) is 0.488. The average Bonchev–Trinajstić information content (AvgIpc) is 2.81. The molecule has 1 fully saturated rings. The van der Waals surface area contributed by atoms with Crippen molar-refractivity contribution in [2.24, 2.45) is 0 Å². The van der Waals surface area contributed by atoms with Gasteiger partial charge in [0.25, 0.3) is 5.91 Å². The number of hydrogen-bond donors (Lipinski definition) is 2. The Morgan fingerprint density at radius 1 is 1.21 bits per heavy atom. The molecule has 1 amide bonds. The number of nitrogens with zero attached hydrogens (tertiary/aromatic N) is 1. The number of carbonyl (C=O) groups excluding carboxylic acids is 1. The van der Waals surface area contributed by atoms with E-state index in [2.05, 4.69) is 26.2 Å². The van der Waals surface area contributed by atoms with Gasteiger partial charge in [0.1, 0.15) is 5.75 Å². The van der Waals surface area contributed by atoms with E-state index in [1.54, 1.807) is 13.2 Å². The minimum absolute atomic E-state index is 0.0898. The number of aromatic nitrogens is 1. The first-order valence-electron chi connectivity index (χ1n) is 11.0. The minimum Gasteiger partial charge on any atom is -0.496 e. The van der Waals surface area contributed by atoms with Crippen molar-refractivity contribution in [2.45, 2.75) is 43.7 Å². The molecule has 0 radical (unpaired) electrons. The number of benzene rings is 2. The number of carbonyl (C=O) groups is 1. The SMILES string of the molecule is COc1ccc(Br)cc1CNC(=O)c1cc(=O)[nH]c2ccc(S(=O)(=O)N3CCCC[C@H]3C)cc12. The number of amides is 1. The number of fused-ring (bicyclic) bond motifs is 1. The van der Waals surface area contributed by atoms with Gasteiger partial charge in [-0.05, 0) is 56.2 Å². The summed E-state index contributed by atoms with van der Waals surface area (Å²) >= 11 is 3.41. The summed E-state index contributed by atoms with van der Waals surface area (Å²) in [5.74, 6) is 0.127. The van der Waals surface area contributed by atoms with Gasteiger partial charge in [-0.3, -0.25) is 9.59 Å². The summed E-state index contributed by atoms with van der Waals surface area (Å²) in [7, 11) is -2.19. The van der Waals surface area contributed by atoms with Crippen LogP contribution in [0.3, 0.4) is 0 Å². The third-order valence-corrected chi connectivity index (χ3v) is 8.59. The second kappa shape index (κ2) is 9.89. The molecule has 0 bridgehead atoms. The number of nitrogens with one attached hydrogen (secondary N) is 2. The van der Waals surface area contributed by atoms with Crippen LogP contribution < -0.4 is 15.6 Å². The van der Waals surface area contributed by atoms with Crippen molar-refractivity contribution in [3.05, 3.63) is 68.4 Å². The van der Waals surface area contributed by atoms with Crippen LogP contribution in [0.1, 0.15) is 42.1 Å². The minimum atomic E-state index is -3.74. The summed E-state index contributed by atoms with van der Waals surface area (Å²) < 4.78 is 34.4. The van der Waals surface area contributed by atoms with E-state index >= 15 is 0 Å². The lowest BCUT2D eigenvalue weighted by atomic mass is 10.1. The van der Waals surface area contributed by atoms with Crippen molar-refractivity contribution in [2.75, 3.05) is 13.7 Å². The van der Waals surface area contributed by atoms with Crippen LogP contribution in [-0.2, 0) is 16.6 Å². The van der Waals surface area contributed by atoms with Gasteiger partial charge in [0.2, 0.25) is 15.6 Å². The lowest BCUT2D eigenvalue weighted by Crippen LogP contribution is -2.41. The first kappa shape index (κ1) is 24.4. The lowest BCUT2D eigenvalue weighted by Gasteiger charge is -2.32. The van der Waals surface area contributed by atoms with Gasteiger partial charge >= 0.3 is 0 Å². The van der Waals surface area contributed by atoms with Crippen LogP contribution in [0.25, 0.3) is 10.9 Å². The normalized spacial score (nSPS) is 17.0. The molecule has 0 unspecified atom stereocenters. The van der Waals surface area contributed by atoms with Gasteiger partial charge < -0.3 is 15.0 Å². The van der Waals surface area contributed by atoms with E-state index in [-0.39, 0.29) is 23.0 Å². The molecule has 10 heteroatoms. The molecular weight excluding hydrogens is 522 g/mol. The summed E-state index contributed by atoms with van der Waals surface area (Å²) in [6, 6.07) is 11.0. The molecule has 4 rings (SSSR count). The number of sulfonamides is 1. The molecular formula is C24H26BrN3O5S. The highest BCUT2D eigenvalue weighted by molar-refractivity contribution is 9.10. The van der Waals surface area contributed by atoms with Crippen LogP contribution >= 0.6 is 15.9 Å². The van der Waals surface area contributed by atoms with Crippen molar-refractivity contribution < 1.29 is 17.9 Å². The van der Waals surface area contributed by atoms with Gasteiger partial charge in [-0.25, -0.2) is 8.42 Å². The van der Waals surface area contributed by atoms with E-state index in [0.717, 1.165) is 29.3 Å². The molecule has 0 spiro atoms. The molecule has 34 heavy (non-hydrogen) atoms. The molecule has 3 aromatic rings. The zero-order valence-electron chi connectivity index (χ0n) is 18.9. The van der Waals surface area contributed by atoms with E-state index in [0.29, 0.717) is 23.2 Å². The van der Waals surface area contributed by atoms with E-state index < -0.39 is 21.5 Å². The number of rotatable bonds is 6. The van der Waals surface area contributed by atoms with Crippen molar-refractivity contribution in [1.82, 2.24) is 14.6 Å². The molecule has 1 atom stereocenters. The maximum absolute atomic E-state index is 13.3. The molecule has 2 aromatic carbocycles. The van der Waals surface area contributed by atoms with Crippen LogP contribution in [-0.4, -0.2) is 43.3 Å². The Hall–Kier alpha value is -2.69. The fourth-order valence-corrected chi connectivity index (χ4v) is 6.44. The topological polar surface area (TPSA) is 109 Å². The zero-order chi connectivity index (χ0) is 24.5. The smallest absolute Gasteiger partial charge is 0.252 e. The van der Waals surface area contributed by atoms with Crippen LogP contribution in [0.2, 0.25) is 0 Å². The molecule has 8 nitrogen and oxygen atoms in total. The first-order valence-corrected chi connectivity index (χ1v) is 13.2. The van der Waals surface area contributed by atoms with Crippen molar-refractivity contribution >= 4 is 42.8 Å². The molecule has 2 N–H and O–H groups in total. The number of hydrogen-bond acceptors (Lipinski definition) is 5. The third-order valence-electron chi connectivity index (χ3n) is 6.09. The highest BCUT2D eigenvalue weighted by Crippen LogP contribution is 2.28. The van der Waals surface area contributed by atoms with Crippen molar-refractivity contribution in [3.8, 4) is 5.75 Å². The van der Waals surface area contributed by atoms with E-state index in [1.807, 2.05) is 19.1 Å². The molecule has 0 aliphatic carbocycles. The average molecular weight is 548 g/mol. The Labute approximate surface area is 206 Å². The highest BCUT2D eigenvalue weighted by atomic mass is 79.9. The number of piperidine rings is 1. The van der Waals surface area contributed by atoms with Gasteiger partial charge in [0.05, 0.1) is 17.6 Å². The fraction of sp³-hybridized carbons (Fsp3) is 0.333. The summed E-state index contributed by atoms with van der Waals surface area (Å²) in [4.78, 5) is 28.1. The zero-order valence-corrected chi connectivity index (χ0v) is 21.3. The number of methoxy groups -OCH3 is 1. The van der Waals surface area contributed by atoms with Crippen molar-refractivity contribution in [1.29, 1.82) is 0 Å². The van der Waals surface area contributed by atoms with Gasteiger partial charge in [-0.15, -0.1) is 0 Å². The maximum atomic E-state index is 13.3. The van der Waals surface area contributed by atoms with Crippen LogP contribution in [0.4, 0.5) is 0 Å². The van der Waals surface area contributed by atoms with Gasteiger partial charge in [-0.2, -0.15) is 4.31 Å². The third kappa shape index (κ3) is 4.89. The maximum Gasteiger partial charge on any atom is 0.252 e. The van der Waals surface area contributed by atoms with E-state index in [4.69, 9.17) is 4.74 Å². The number of pyridine rings is 1. The molecule has 1 aliphatic rings. The van der Waals surface area contributed by atoms with Gasteiger partial charge in [-0.1, -0.05) is 22.4 Å². The van der Waals surface area contributed by atoms with E-state index in [9.17, 15) is 18.0 Å². The first-order chi connectivity index (χ1) is 16.2. The summed E-state index contributed by atoms with van der Waals surface area (Å²) in [6.45, 7) is 2.54. The number of aromatic amines is 1. The summed E-state index contributed by atoms with van der Waals surface area (Å²) in [5.41, 5.74) is 0.805. The molecule has 1 saturated heterocycles. The largest absolute Gasteiger partial charge is 0.496 e. The Bertz CT molecular complexity index is 1400. The molecule has 2 heterocycles. The predicted molar refractivity (Wildman–Crippen MR) is 134 cm³/mol. The van der Waals surface area contributed by atoms with Gasteiger partial charge in [0, 0.05) is 46.1 Å². The summed E-state index contributed by atoms with van der Waals surface area (Å²) in [6.07, 6.45) is 2.63. The molecule has 1 aromatic heterocycles. The number of halogens is 1. The Balaban J connectivity index is 1.69. The van der Waals surface area contributed by atoms with Crippen LogP contribution in [0, 0.1) is 0 Å². The molecule has 1 aliphatic heterocycles. The summed E-state index contributed by atoms with van der Waals surface area (Å²) in [5, 5.41) is 3.18. The molecule has 0 saturated carbocycles. The fourth-order valence-electron chi connectivity index (χ4n) is 4.30. The van der Waals surface area contributed by atoms with Gasteiger partial charge in [0.15, 0.2) is 0 Å².